The van der Waals surface area contributed by atoms with Gasteiger partial charge in [-0.15, -0.1) is 0 Å². The van der Waals surface area contributed by atoms with Gasteiger partial charge in [0.2, 0.25) is 0 Å². The molecule has 0 fully saturated rings. The molecule has 112 valence electrons. The van der Waals surface area contributed by atoms with E-state index in [1.165, 1.54) is 4.90 Å². The lowest BCUT2D eigenvalue weighted by molar-refractivity contribution is -0.137. The molecule has 0 radical (unpaired) electrons. The summed E-state index contributed by atoms with van der Waals surface area (Å²) in [5, 5.41) is 11.5. The molecule has 0 spiro atoms. The number of carboxylic acid groups (broad SMARTS) is 1. The van der Waals surface area contributed by atoms with Crippen molar-refractivity contribution in [2.45, 2.75) is 33.6 Å². The smallest absolute Gasteiger partial charge is 0.323 e. The predicted molar refractivity (Wildman–Crippen MR) is 75.3 cm³/mol. The number of hydrogen-bond acceptors (Lipinski definition) is 3. The first-order valence-corrected chi connectivity index (χ1v) is 7.02. The van der Waals surface area contributed by atoms with Crippen molar-refractivity contribution < 1.29 is 14.7 Å². The summed E-state index contributed by atoms with van der Waals surface area (Å²) in [5.74, 6) is -0.980. The molecule has 2 amide bonds. The molecule has 0 unspecified atom stereocenters. The van der Waals surface area contributed by atoms with E-state index in [-0.39, 0.29) is 12.6 Å². The molecule has 0 heterocycles. The van der Waals surface area contributed by atoms with Crippen LogP contribution in [0.2, 0.25) is 0 Å². The molecule has 0 saturated carbocycles. The van der Waals surface area contributed by atoms with Gasteiger partial charge < -0.3 is 20.2 Å². The predicted octanol–water partition coefficient (Wildman–Crippen LogP) is 1.22. The Labute approximate surface area is 115 Å². The SMILES string of the molecule is CCCN(CC(=O)O)C(=O)NCCCN(CC)CC. The van der Waals surface area contributed by atoms with Gasteiger partial charge in [-0.3, -0.25) is 4.79 Å². The number of carboxylic acids is 1. The van der Waals surface area contributed by atoms with Gasteiger partial charge in [-0.2, -0.15) is 0 Å². The van der Waals surface area contributed by atoms with E-state index in [0.717, 1.165) is 32.5 Å². The van der Waals surface area contributed by atoms with Crippen LogP contribution >= 0.6 is 0 Å². The molecule has 0 aromatic rings. The van der Waals surface area contributed by atoms with E-state index >= 15 is 0 Å². The van der Waals surface area contributed by atoms with Crippen LogP contribution in [0.25, 0.3) is 0 Å². The van der Waals surface area contributed by atoms with Gasteiger partial charge in [0.15, 0.2) is 0 Å². The molecule has 6 heteroatoms. The number of nitrogens with one attached hydrogen (secondary N) is 1. The first-order valence-electron chi connectivity index (χ1n) is 7.02. The van der Waals surface area contributed by atoms with E-state index in [4.69, 9.17) is 5.11 Å². The number of amides is 2. The Hall–Kier alpha value is -1.30. The zero-order valence-corrected chi connectivity index (χ0v) is 12.3. The normalized spacial score (nSPS) is 10.5. The van der Waals surface area contributed by atoms with Crippen molar-refractivity contribution in [2.75, 3.05) is 39.3 Å². The fourth-order valence-electron chi connectivity index (χ4n) is 1.84. The van der Waals surface area contributed by atoms with E-state index in [1.54, 1.807) is 0 Å². The van der Waals surface area contributed by atoms with Gasteiger partial charge in [-0.1, -0.05) is 20.8 Å². The molecule has 0 rings (SSSR count). The highest BCUT2D eigenvalue weighted by Crippen LogP contribution is 1.94. The Kier molecular flexibility index (Phi) is 9.88. The first-order chi connectivity index (χ1) is 9.04. The molecule has 0 aliphatic rings. The van der Waals surface area contributed by atoms with Crippen molar-refractivity contribution in [2.24, 2.45) is 0 Å². The van der Waals surface area contributed by atoms with Crippen LogP contribution in [0.5, 0.6) is 0 Å². The highest BCUT2D eigenvalue weighted by Gasteiger charge is 2.14. The molecule has 0 saturated heterocycles. The minimum Gasteiger partial charge on any atom is -0.480 e. The molecule has 0 atom stereocenters. The van der Waals surface area contributed by atoms with Gasteiger partial charge >= 0.3 is 12.0 Å². The standard InChI is InChI=1S/C13H27N3O3/c1-4-9-16(11-12(17)18)13(19)14-8-7-10-15(5-2)6-3/h4-11H2,1-3H3,(H,14,19)(H,17,18). The van der Waals surface area contributed by atoms with Crippen LogP contribution in [0.4, 0.5) is 4.79 Å². The van der Waals surface area contributed by atoms with Crippen molar-refractivity contribution in [1.82, 2.24) is 15.1 Å². The summed E-state index contributed by atoms with van der Waals surface area (Å²) in [6, 6.07) is -0.288. The maximum Gasteiger partial charge on any atom is 0.323 e. The van der Waals surface area contributed by atoms with E-state index in [1.807, 2.05) is 6.92 Å². The second-order valence-corrected chi connectivity index (χ2v) is 4.43. The molecule has 0 aliphatic heterocycles. The number of carbonyl (C=O) groups excluding carboxylic acids is 1. The van der Waals surface area contributed by atoms with Crippen molar-refractivity contribution in [3.8, 4) is 0 Å². The van der Waals surface area contributed by atoms with Crippen molar-refractivity contribution >= 4 is 12.0 Å². The summed E-state index contributed by atoms with van der Waals surface area (Å²) < 4.78 is 0. The lowest BCUT2D eigenvalue weighted by Crippen LogP contribution is -2.43. The van der Waals surface area contributed by atoms with Gasteiger partial charge in [0.1, 0.15) is 6.54 Å². The summed E-state index contributed by atoms with van der Waals surface area (Å²) >= 11 is 0. The minimum atomic E-state index is -0.980. The topological polar surface area (TPSA) is 72.9 Å². The number of hydrogen-bond donors (Lipinski definition) is 2. The summed E-state index contributed by atoms with van der Waals surface area (Å²) in [4.78, 5) is 26.1. The van der Waals surface area contributed by atoms with Crippen LogP contribution in [0.1, 0.15) is 33.6 Å². The van der Waals surface area contributed by atoms with Crippen LogP contribution in [-0.2, 0) is 4.79 Å². The maximum atomic E-state index is 11.8. The van der Waals surface area contributed by atoms with Crippen LogP contribution in [0, 0.1) is 0 Å². The fourth-order valence-corrected chi connectivity index (χ4v) is 1.84. The third kappa shape index (κ3) is 8.42. The zero-order valence-electron chi connectivity index (χ0n) is 12.3. The summed E-state index contributed by atoms with van der Waals surface area (Å²) in [7, 11) is 0. The summed E-state index contributed by atoms with van der Waals surface area (Å²) in [6.45, 7) is 9.90. The molecule has 0 aromatic heterocycles. The van der Waals surface area contributed by atoms with Crippen molar-refractivity contribution in [1.29, 1.82) is 0 Å². The number of rotatable bonds is 10. The Morgan fingerprint density at radius 2 is 1.74 bits per heavy atom. The number of nitrogens with zero attached hydrogens (tertiary/aromatic N) is 2. The molecule has 0 bridgehead atoms. The first kappa shape index (κ1) is 17.7. The van der Waals surface area contributed by atoms with Gasteiger partial charge in [0.25, 0.3) is 0 Å². The average Bonchev–Trinajstić information content (AvgIpc) is 2.37. The Morgan fingerprint density at radius 3 is 2.21 bits per heavy atom. The second kappa shape index (κ2) is 10.6. The highest BCUT2D eigenvalue weighted by atomic mass is 16.4. The number of urea groups is 1. The second-order valence-electron chi connectivity index (χ2n) is 4.43. The molecular weight excluding hydrogens is 246 g/mol. The average molecular weight is 273 g/mol. The number of carbonyl (C=O) groups is 2. The van der Waals surface area contributed by atoms with Crippen LogP contribution in [0.3, 0.4) is 0 Å². The monoisotopic (exact) mass is 273 g/mol. The third-order valence-corrected chi connectivity index (χ3v) is 2.93. The molecule has 0 aromatic carbocycles. The lowest BCUT2D eigenvalue weighted by atomic mass is 10.3. The summed E-state index contributed by atoms with van der Waals surface area (Å²) in [5.41, 5.74) is 0. The quantitative estimate of drug-likeness (QED) is 0.587. The van der Waals surface area contributed by atoms with E-state index in [0.29, 0.717) is 13.1 Å². The molecule has 0 aliphatic carbocycles. The van der Waals surface area contributed by atoms with E-state index in [9.17, 15) is 9.59 Å². The van der Waals surface area contributed by atoms with Gasteiger partial charge in [-0.25, -0.2) is 4.79 Å². The Balaban J connectivity index is 3.95. The lowest BCUT2D eigenvalue weighted by Gasteiger charge is -2.21. The van der Waals surface area contributed by atoms with Gasteiger partial charge in [0.05, 0.1) is 0 Å². The molecule has 2 N–H and O–H groups in total. The minimum absolute atomic E-state index is 0.240. The highest BCUT2D eigenvalue weighted by molar-refractivity contribution is 5.80. The molecular formula is C13H27N3O3. The van der Waals surface area contributed by atoms with Crippen LogP contribution < -0.4 is 5.32 Å². The van der Waals surface area contributed by atoms with Crippen LogP contribution in [-0.4, -0.2) is 66.2 Å². The fraction of sp³-hybridized carbons (Fsp3) is 0.846. The summed E-state index contributed by atoms with van der Waals surface area (Å²) in [6.07, 6.45) is 1.63. The van der Waals surface area contributed by atoms with E-state index in [2.05, 4.69) is 24.1 Å². The largest absolute Gasteiger partial charge is 0.480 e. The molecule has 6 nitrogen and oxygen atoms in total. The van der Waals surface area contributed by atoms with E-state index < -0.39 is 5.97 Å². The van der Waals surface area contributed by atoms with Crippen LogP contribution in [0.15, 0.2) is 0 Å². The maximum absolute atomic E-state index is 11.8. The van der Waals surface area contributed by atoms with Gasteiger partial charge in [0, 0.05) is 13.1 Å². The van der Waals surface area contributed by atoms with Crippen molar-refractivity contribution in [3.63, 3.8) is 0 Å². The molecule has 19 heavy (non-hydrogen) atoms. The van der Waals surface area contributed by atoms with Crippen molar-refractivity contribution in [3.05, 3.63) is 0 Å². The number of aliphatic carboxylic acids is 1. The third-order valence-electron chi connectivity index (χ3n) is 2.93. The Bertz CT molecular complexity index is 268. The Morgan fingerprint density at radius 1 is 1.11 bits per heavy atom. The van der Waals surface area contributed by atoms with Gasteiger partial charge in [-0.05, 0) is 32.5 Å². The zero-order chi connectivity index (χ0) is 14.7.